The Balaban J connectivity index is 1.81. The van der Waals surface area contributed by atoms with Crippen LogP contribution in [0.25, 0.3) is 11.0 Å². The number of hydrogen-bond acceptors (Lipinski definition) is 5. The van der Waals surface area contributed by atoms with Crippen LogP contribution in [0.1, 0.15) is 32.6 Å². The van der Waals surface area contributed by atoms with E-state index in [9.17, 15) is 4.79 Å². The molecule has 2 aromatic heterocycles. The van der Waals surface area contributed by atoms with Crippen LogP contribution in [-0.2, 0) is 6.54 Å². The smallest absolute Gasteiger partial charge is 0.266 e. The number of hydrogen-bond donors (Lipinski definition) is 1. The van der Waals surface area contributed by atoms with E-state index in [2.05, 4.69) is 50.2 Å². The molecule has 130 valence electrons. The average molecular weight is 394 g/mol. The van der Waals surface area contributed by atoms with E-state index in [1.807, 2.05) is 6.92 Å². The van der Waals surface area contributed by atoms with Crippen LogP contribution >= 0.6 is 15.9 Å². The van der Waals surface area contributed by atoms with Gasteiger partial charge in [-0.25, -0.2) is 4.98 Å². The van der Waals surface area contributed by atoms with Crippen LogP contribution < -0.4 is 10.9 Å². The molecule has 2 heterocycles. The van der Waals surface area contributed by atoms with Gasteiger partial charge >= 0.3 is 0 Å². The number of nitrogens with zero attached hydrogens (tertiary/aromatic N) is 4. The number of rotatable bonds is 4. The molecule has 1 aliphatic rings. The molecule has 0 spiro atoms. The van der Waals surface area contributed by atoms with Crippen molar-refractivity contribution in [2.75, 3.05) is 19.4 Å². The van der Waals surface area contributed by atoms with Gasteiger partial charge in [-0.1, -0.05) is 0 Å². The molecule has 0 bridgehead atoms. The van der Waals surface area contributed by atoms with Gasteiger partial charge in [0.15, 0.2) is 0 Å². The van der Waals surface area contributed by atoms with E-state index >= 15 is 0 Å². The predicted octanol–water partition coefficient (Wildman–Crippen LogP) is 2.86. The molecule has 0 aliphatic heterocycles. The zero-order valence-corrected chi connectivity index (χ0v) is 16.0. The second kappa shape index (κ2) is 7.19. The third kappa shape index (κ3) is 3.47. The van der Waals surface area contributed by atoms with Crippen molar-refractivity contribution in [3.05, 3.63) is 27.1 Å². The molecule has 0 unspecified atom stereocenters. The first kappa shape index (κ1) is 17.4. The van der Waals surface area contributed by atoms with Crippen LogP contribution in [-0.4, -0.2) is 45.6 Å². The molecule has 2 aromatic rings. The molecule has 1 fully saturated rings. The Hall–Kier alpha value is -1.47. The van der Waals surface area contributed by atoms with E-state index in [-0.39, 0.29) is 5.56 Å². The zero-order valence-electron chi connectivity index (χ0n) is 14.4. The molecule has 0 atom stereocenters. The summed E-state index contributed by atoms with van der Waals surface area (Å²) in [6.07, 6.45) is 6.39. The molecule has 0 saturated heterocycles. The molecule has 0 aromatic carbocycles. The van der Waals surface area contributed by atoms with Crippen LogP contribution in [0.15, 0.2) is 21.5 Å². The molecule has 1 aliphatic carbocycles. The van der Waals surface area contributed by atoms with Gasteiger partial charge in [0.1, 0.15) is 5.65 Å². The minimum absolute atomic E-state index is 0.0545. The van der Waals surface area contributed by atoms with Gasteiger partial charge in [0, 0.05) is 30.2 Å². The summed E-state index contributed by atoms with van der Waals surface area (Å²) in [6, 6.07) is 2.86. The summed E-state index contributed by atoms with van der Waals surface area (Å²) in [5.41, 5.74) is 0.631. The monoisotopic (exact) mass is 393 g/mol. The topological polar surface area (TPSA) is 63.1 Å². The molecular weight excluding hydrogens is 370 g/mol. The SMILES string of the molecule is CCn1c(=O)c(Br)cc2cnc(N[C@H]3CC[C@H](N(C)C)CC3)nc21. The van der Waals surface area contributed by atoms with Crippen molar-refractivity contribution < 1.29 is 0 Å². The first-order valence-electron chi connectivity index (χ1n) is 8.48. The van der Waals surface area contributed by atoms with E-state index in [0.29, 0.717) is 34.7 Å². The number of anilines is 1. The largest absolute Gasteiger partial charge is 0.351 e. The van der Waals surface area contributed by atoms with Crippen molar-refractivity contribution in [3.63, 3.8) is 0 Å². The highest BCUT2D eigenvalue weighted by atomic mass is 79.9. The highest BCUT2D eigenvalue weighted by molar-refractivity contribution is 9.10. The summed E-state index contributed by atoms with van der Waals surface area (Å²) in [6.45, 7) is 2.53. The van der Waals surface area contributed by atoms with Gasteiger partial charge in [-0.3, -0.25) is 9.36 Å². The normalized spacial score (nSPS) is 21.4. The lowest BCUT2D eigenvalue weighted by atomic mass is 9.91. The Labute approximate surface area is 150 Å². The summed E-state index contributed by atoms with van der Waals surface area (Å²) in [7, 11) is 4.29. The van der Waals surface area contributed by atoms with Gasteiger partial charge in [-0.15, -0.1) is 0 Å². The molecule has 3 rings (SSSR count). The number of nitrogens with one attached hydrogen (secondary N) is 1. The zero-order chi connectivity index (χ0) is 17.3. The minimum atomic E-state index is -0.0545. The molecule has 1 saturated carbocycles. The predicted molar refractivity (Wildman–Crippen MR) is 101 cm³/mol. The number of aromatic nitrogens is 3. The maximum Gasteiger partial charge on any atom is 0.266 e. The van der Waals surface area contributed by atoms with E-state index in [1.165, 1.54) is 12.8 Å². The molecule has 0 radical (unpaired) electrons. The molecule has 1 N–H and O–H groups in total. The second-order valence-corrected chi connectivity index (χ2v) is 7.48. The Morgan fingerprint density at radius 1 is 1.33 bits per heavy atom. The van der Waals surface area contributed by atoms with Gasteiger partial charge < -0.3 is 10.2 Å². The van der Waals surface area contributed by atoms with Gasteiger partial charge in [0.05, 0.1) is 4.47 Å². The highest BCUT2D eigenvalue weighted by Crippen LogP contribution is 2.24. The van der Waals surface area contributed by atoms with E-state index < -0.39 is 0 Å². The lowest BCUT2D eigenvalue weighted by Crippen LogP contribution is -2.36. The first-order valence-corrected chi connectivity index (χ1v) is 9.28. The third-order valence-corrected chi connectivity index (χ3v) is 5.43. The van der Waals surface area contributed by atoms with Crippen molar-refractivity contribution in [1.29, 1.82) is 0 Å². The lowest BCUT2D eigenvalue weighted by molar-refractivity contribution is 0.221. The van der Waals surface area contributed by atoms with Gasteiger partial charge in [0.2, 0.25) is 5.95 Å². The lowest BCUT2D eigenvalue weighted by Gasteiger charge is -2.32. The maximum absolute atomic E-state index is 12.2. The Morgan fingerprint density at radius 2 is 2.04 bits per heavy atom. The van der Waals surface area contributed by atoms with Crippen molar-refractivity contribution in [1.82, 2.24) is 19.4 Å². The fourth-order valence-corrected chi connectivity index (χ4v) is 3.87. The van der Waals surface area contributed by atoms with Gasteiger partial charge in [-0.05, 0) is 68.7 Å². The van der Waals surface area contributed by atoms with Gasteiger partial charge in [-0.2, -0.15) is 4.98 Å². The summed E-state index contributed by atoms with van der Waals surface area (Å²) in [5.74, 6) is 0.611. The fourth-order valence-electron chi connectivity index (χ4n) is 3.41. The number of fused-ring (bicyclic) bond motifs is 1. The van der Waals surface area contributed by atoms with Crippen LogP contribution in [0.5, 0.6) is 0 Å². The molecular formula is C17H24BrN5O. The quantitative estimate of drug-likeness (QED) is 0.864. The fraction of sp³-hybridized carbons (Fsp3) is 0.588. The number of halogens is 1. The van der Waals surface area contributed by atoms with E-state index in [0.717, 1.165) is 18.2 Å². The van der Waals surface area contributed by atoms with Crippen LogP contribution in [0, 0.1) is 0 Å². The van der Waals surface area contributed by atoms with E-state index in [1.54, 1.807) is 16.8 Å². The maximum atomic E-state index is 12.2. The van der Waals surface area contributed by atoms with Crippen molar-refractivity contribution in [2.24, 2.45) is 0 Å². The average Bonchev–Trinajstić information content (AvgIpc) is 2.57. The van der Waals surface area contributed by atoms with Crippen LogP contribution in [0.4, 0.5) is 5.95 Å². The summed E-state index contributed by atoms with van der Waals surface area (Å²) >= 11 is 3.31. The van der Waals surface area contributed by atoms with Crippen molar-refractivity contribution >= 4 is 32.9 Å². The molecule has 7 heteroatoms. The molecule has 0 amide bonds. The summed E-state index contributed by atoms with van der Waals surface area (Å²) < 4.78 is 2.22. The van der Waals surface area contributed by atoms with Crippen LogP contribution in [0.3, 0.4) is 0 Å². The number of aryl methyl sites for hydroxylation is 1. The standard InChI is InChI=1S/C17H24BrN5O/c1-4-23-15-11(9-14(18)16(23)24)10-19-17(21-15)20-12-5-7-13(8-6-12)22(2)3/h9-10,12-13H,4-8H2,1-3H3,(H,19,20,21)/t12-,13-. The first-order chi connectivity index (χ1) is 11.5. The van der Waals surface area contributed by atoms with Crippen molar-refractivity contribution in [2.45, 2.75) is 51.2 Å². The van der Waals surface area contributed by atoms with Crippen molar-refractivity contribution in [3.8, 4) is 0 Å². The second-order valence-electron chi connectivity index (χ2n) is 6.63. The molecule has 24 heavy (non-hydrogen) atoms. The van der Waals surface area contributed by atoms with Gasteiger partial charge in [0.25, 0.3) is 5.56 Å². The van der Waals surface area contributed by atoms with Crippen LogP contribution in [0.2, 0.25) is 0 Å². The minimum Gasteiger partial charge on any atom is -0.351 e. The summed E-state index contributed by atoms with van der Waals surface area (Å²) in [5, 5.41) is 4.32. The van der Waals surface area contributed by atoms with E-state index in [4.69, 9.17) is 0 Å². The number of pyridine rings is 1. The molecule has 6 nitrogen and oxygen atoms in total. The highest BCUT2D eigenvalue weighted by Gasteiger charge is 2.23. The third-order valence-electron chi connectivity index (χ3n) is 4.86. The Bertz CT molecular complexity index is 780. The Kier molecular flexibility index (Phi) is 5.20. The summed E-state index contributed by atoms with van der Waals surface area (Å²) in [4.78, 5) is 23.6. The Morgan fingerprint density at radius 3 is 2.67 bits per heavy atom.